The van der Waals surface area contributed by atoms with Crippen LogP contribution in [0.5, 0.6) is 0 Å². The molecule has 6 heteroatoms. The Bertz CT molecular complexity index is 682. The number of hydrogen-bond donors (Lipinski definition) is 1. The molecule has 0 aliphatic heterocycles. The number of benzene rings is 1. The first-order valence-corrected chi connectivity index (χ1v) is 7.79. The average Bonchev–Trinajstić information content (AvgIpc) is 2.89. The Morgan fingerprint density at radius 2 is 2.18 bits per heavy atom. The SMILES string of the molecule is CN(CC1CCCCC1O)C(=O)c1ccc2c(c1)nnn2C. The Kier molecular flexibility index (Phi) is 4.11. The minimum absolute atomic E-state index is 0.0367. The zero-order valence-electron chi connectivity index (χ0n) is 13.1. The first-order valence-electron chi connectivity index (χ1n) is 7.79. The Hall–Kier alpha value is -1.95. The van der Waals surface area contributed by atoms with Crippen molar-refractivity contribution in [1.29, 1.82) is 0 Å². The van der Waals surface area contributed by atoms with E-state index in [4.69, 9.17) is 0 Å². The molecule has 0 saturated heterocycles. The van der Waals surface area contributed by atoms with E-state index in [1.807, 2.05) is 19.2 Å². The number of rotatable bonds is 3. The quantitative estimate of drug-likeness (QED) is 0.934. The van der Waals surface area contributed by atoms with Gasteiger partial charge < -0.3 is 10.0 Å². The molecular weight excluding hydrogens is 280 g/mol. The van der Waals surface area contributed by atoms with Gasteiger partial charge in [0, 0.05) is 32.1 Å². The maximum absolute atomic E-state index is 12.6. The molecule has 2 aromatic rings. The number of aryl methyl sites for hydroxylation is 1. The van der Waals surface area contributed by atoms with Gasteiger partial charge in [-0.15, -0.1) is 5.10 Å². The smallest absolute Gasteiger partial charge is 0.253 e. The minimum atomic E-state index is -0.286. The third kappa shape index (κ3) is 2.83. The molecule has 0 spiro atoms. The van der Waals surface area contributed by atoms with Crippen molar-refractivity contribution in [2.24, 2.45) is 13.0 Å². The third-order valence-electron chi connectivity index (χ3n) is 4.58. The summed E-state index contributed by atoms with van der Waals surface area (Å²) in [6.07, 6.45) is 3.76. The van der Waals surface area contributed by atoms with Gasteiger partial charge >= 0.3 is 0 Å². The number of hydrogen-bond acceptors (Lipinski definition) is 4. The van der Waals surface area contributed by atoms with Gasteiger partial charge in [0.15, 0.2) is 0 Å². The van der Waals surface area contributed by atoms with E-state index in [0.717, 1.165) is 36.7 Å². The number of nitrogens with zero attached hydrogens (tertiary/aromatic N) is 4. The average molecular weight is 302 g/mol. The number of amides is 1. The van der Waals surface area contributed by atoms with E-state index in [0.29, 0.717) is 12.1 Å². The molecule has 2 unspecified atom stereocenters. The summed E-state index contributed by atoms with van der Waals surface area (Å²) in [5.41, 5.74) is 2.24. The van der Waals surface area contributed by atoms with E-state index >= 15 is 0 Å². The number of carbonyl (C=O) groups is 1. The predicted octanol–water partition coefficient (Wildman–Crippen LogP) is 1.59. The molecule has 118 valence electrons. The van der Waals surface area contributed by atoms with Crippen LogP contribution < -0.4 is 0 Å². The van der Waals surface area contributed by atoms with Gasteiger partial charge in [0.2, 0.25) is 0 Å². The van der Waals surface area contributed by atoms with Crippen molar-refractivity contribution in [3.8, 4) is 0 Å². The molecule has 1 aromatic carbocycles. The second kappa shape index (κ2) is 6.04. The summed E-state index contributed by atoms with van der Waals surface area (Å²) in [5.74, 6) is 0.147. The van der Waals surface area contributed by atoms with Crippen LogP contribution in [0.1, 0.15) is 36.0 Å². The summed E-state index contributed by atoms with van der Waals surface area (Å²) in [4.78, 5) is 14.3. The van der Waals surface area contributed by atoms with Crippen LogP contribution >= 0.6 is 0 Å². The highest BCUT2D eigenvalue weighted by molar-refractivity contribution is 5.97. The van der Waals surface area contributed by atoms with Crippen molar-refractivity contribution in [3.05, 3.63) is 23.8 Å². The van der Waals surface area contributed by atoms with Crippen LogP contribution in [0.25, 0.3) is 11.0 Å². The van der Waals surface area contributed by atoms with Crippen molar-refractivity contribution in [1.82, 2.24) is 19.9 Å². The van der Waals surface area contributed by atoms with Crippen LogP contribution in [0.2, 0.25) is 0 Å². The van der Waals surface area contributed by atoms with Crippen LogP contribution in [0.4, 0.5) is 0 Å². The van der Waals surface area contributed by atoms with Gasteiger partial charge in [0.05, 0.1) is 11.6 Å². The van der Waals surface area contributed by atoms with E-state index in [2.05, 4.69) is 10.3 Å². The van der Waals surface area contributed by atoms with Crippen molar-refractivity contribution < 1.29 is 9.90 Å². The molecule has 1 aliphatic carbocycles. The molecule has 1 heterocycles. The lowest BCUT2D eigenvalue weighted by Gasteiger charge is -2.31. The Balaban J connectivity index is 1.73. The van der Waals surface area contributed by atoms with Crippen molar-refractivity contribution >= 4 is 16.9 Å². The van der Waals surface area contributed by atoms with Crippen LogP contribution in [0.15, 0.2) is 18.2 Å². The summed E-state index contributed by atoms with van der Waals surface area (Å²) in [5, 5.41) is 18.1. The zero-order chi connectivity index (χ0) is 15.7. The number of carbonyl (C=O) groups excluding carboxylic acids is 1. The van der Waals surface area contributed by atoms with Crippen molar-refractivity contribution in [2.75, 3.05) is 13.6 Å². The van der Waals surface area contributed by atoms with E-state index < -0.39 is 0 Å². The van der Waals surface area contributed by atoms with E-state index in [1.165, 1.54) is 0 Å². The van der Waals surface area contributed by atoms with Gasteiger partial charge in [-0.25, -0.2) is 4.68 Å². The van der Waals surface area contributed by atoms with E-state index in [9.17, 15) is 9.90 Å². The number of aliphatic hydroxyl groups excluding tert-OH is 1. The van der Waals surface area contributed by atoms with Crippen molar-refractivity contribution in [2.45, 2.75) is 31.8 Å². The topological polar surface area (TPSA) is 71.2 Å². The molecular formula is C16H22N4O2. The fourth-order valence-electron chi connectivity index (χ4n) is 3.23. The highest BCUT2D eigenvalue weighted by atomic mass is 16.3. The lowest BCUT2D eigenvalue weighted by molar-refractivity contribution is 0.0451. The van der Waals surface area contributed by atoms with Crippen LogP contribution in [0, 0.1) is 5.92 Å². The molecule has 1 fully saturated rings. The standard InChI is InChI=1S/C16H22N4O2/c1-19(10-12-5-3-4-6-15(12)21)16(22)11-7-8-14-13(9-11)17-18-20(14)2/h7-9,12,15,21H,3-6,10H2,1-2H3. The lowest BCUT2D eigenvalue weighted by Crippen LogP contribution is -2.38. The molecule has 0 radical (unpaired) electrons. The largest absolute Gasteiger partial charge is 0.393 e. The van der Waals surface area contributed by atoms with Gasteiger partial charge in [-0.2, -0.15) is 0 Å². The van der Waals surface area contributed by atoms with Gasteiger partial charge in [0.1, 0.15) is 5.52 Å². The fraction of sp³-hybridized carbons (Fsp3) is 0.562. The molecule has 22 heavy (non-hydrogen) atoms. The van der Waals surface area contributed by atoms with Gasteiger partial charge in [-0.05, 0) is 31.0 Å². The first kappa shape index (κ1) is 15.0. The second-order valence-corrected chi connectivity index (χ2v) is 6.21. The molecule has 1 aliphatic rings. The maximum Gasteiger partial charge on any atom is 0.253 e. The summed E-state index contributed by atoms with van der Waals surface area (Å²) >= 11 is 0. The Morgan fingerprint density at radius 3 is 2.95 bits per heavy atom. The summed E-state index contributed by atoms with van der Waals surface area (Å²) < 4.78 is 1.69. The van der Waals surface area contributed by atoms with E-state index in [1.54, 1.807) is 22.7 Å². The van der Waals surface area contributed by atoms with E-state index in [-0.39, 0.29) is 17.9 Å². The minimum Gasteiger partial charge on any atom is -0.393 e. The molecule has 1 saturated carbocycles. The second-order valence-electron chi connectivity index (χ2n) is 6.21. The van der Waals surface area contributed by atoms with Gasteiger partial charge in [0.25, 0.3) is 5.91 Å². The Labute approximate surface area is 129 Å². The first-order chi connectivity index (χ1) is 10.6. The molecule has 3 rings (SSSR count). The highest BCUT2D eigenvalue weighted by Gasteiger charge is 2.26. The number of aliphatic hydroxyl groups is 1. The molecule has 6 nitrogen and oxygen atoms in total. The summed E-state index contributed by atoms with van der Waals surface area (Å²) in [6.45, 7) is 0.596. The van der Waals surface area contributed by atoms with Crippen molar-refractivity contribution in [3.63, 3.8) is 0 Å². The normalized spacial score (nSPS) is 22.0. The highest BCUT2D eigenvalue weighted by Crippen LogP contribution is 2.25. The summed E-state index contributed by atoms with van der Waals surface area (Å²) in [6, 6.07) is 5.45. The predicted molar refractivity (Wildman–Crippen MR) is 83.4 cm³/mol. The monoisotopic (exact) mass is 302 g/mol. The molecule has 0 bridgehead atoms. The molecule has 1 N–H and O–H groups in total. The van der Waals surface area contributed by atoms with Crippen LogP contribution in [-0.4, -0.2) is 50.6 Å². The van der Waals surface area contributed by atoms with Gasteiger partial charge in [-0.3, -0.25) is 4.79 Å². The van der Waals surface area contributed by atoms with Crippen LogP contribution in [-0.2, 0) is 7.05 Å². The number of fused-ring (bicyclic) bond motifs is 1. The lowest BCUT2D eigenvalue weighted by atomic mass is 9.86. The van der Waals surface area contributed by atoms with Crippen LogP contribution in [0.3, 0.4) is 0 Å². The number of aromatic nitrogens is 3. The molecule has 1 amide bonds. The maximum atomic E-state index is 12.6. The Morgan fingerprint density at radius 1 is 1.41 bits per heavy atom. The molecule has 1 aromatic heterocycles. The fourth-order valence-corrected chi connectivity index (χ4v) is 3.23. The van der Waals surface area contributed by atoms with Gasteiger partial charge in [-0.1, -0.05) is 18.1 Å². The molecule has 2 atom stereocenters. The summed E-state index contributed by atoms with van der Waals surface area (Å²) in [7, 11) is 3.62. The third-order valence-corrected chi connectivity index (χ3v) is 4.58. The zero-order valence-corrected chi connectivity index (χ0v) is 13.1.